The topological polar surface area (TPSA) is 99.6 Å². The van der Waals surface area contributed by atoms with Crippen LogP contribution < -0.4 is 5.32 Å². The van der Waals surface area contributed by atoms with Crippen LogP contribution in [0.4, 0.5) is 5.69 Å². The van der Waals surface area contributed by atoms with E-state index in [1.165, 1.54) is 17.0 Å². The molecule has 1 aromatic heterocycles. The Labute approximate surface area is 183 Å². The highest BCUT2D eigenvalue weighted by molar-refractivity contribution is 6.31. The quantitative estimate of drug-likeness (QED) is 0.637. The lowest BCUT2D eigenvalue weighted by molar-refractivity contribution is -0.120. The molecule has 8 heteroatoms. The number of carbonyl (C=O) groups is 3. The van der Waals surface area contributed by atoms with E-state index in [0.29, 0.717) is 28.3 Å². The van der Waals surface area contributed by atoms with Gasteiger partial charge in [-0.15, -0.1) is 0 Å². The zero-order valence-electron chi connectivity index (χ0n) is 16.3. The van der Waals surface area contributed by atoms with Crippen molar-refractivity contribution < 1.29 is 19.5 Å². The summed E-state index contributed by atoms with van der Waals surface area (Å²) >= 11 is 6.07. The minimum atomic E-state index is -1.03. The maximum absolute atomic E-state index is 13.5. The van der Waals surface area contributed by atoms with Gasteiger partial charge in [-0.25, -0.2) is 4.79 Å². The van der Waals surface area contributed by atoms with E-state index < -0.39 is 12.0 Å². The zero-order chi connectivity index (χ0) is 22.0. The summed E-state index contributed by atoms with van der Waals surface area (Å²) in [6.45, 7) is 0.143. The first-order valence-corrected chi connectivity index (χ1v) is 9.92. The van der Waals surface area contributed by atoms with Crippen LogP contribution in [0.2, 0.25) is 5.02 Å². The number of carbonyl (C=O) groups excluding carboxylic acids is 2. The monoisotopic (exact) mass is 435 g/mol. The number of aromatic carboxylic acids is 1. The molecular formula is C23H18ClN3O4. The predicted molar refractivity (Wildman–Crippen MR) is 115 cm³/mol. The van der Waals surface area contributed by atoms with Crippen LogP contribution in [0.1, 0.15) is 31.8 Å². The molecule has 156 valence electrons. The highest BCUT2D eigenvalue weighted by Gasteiger charge is 2.35. The number of nitrogens with zero attached hydrogens (tertiary/aromatic N) is 2. The van der Waals surface area contributed by atoms with Gasteiger partial charge in [0.15, 0.2) is 0 Å². The molecular weight excluding hydrogens is 418 g/mol. The van der Waals surface area contributed by atoms with Crippen molar-refractivity contribution in [2.75, 3.05) is 5.32 Å². The molecule has 7 nitrogen and oxygen atoms in total. The van der Waals surface area contributed by atoms with Crippen LogP contribution in [0.15, 0.2) is 67.0 Å². The number of hydrogen-bond acceptors (Lipinski definition) is 4. The van der Waals surface area contributed by atoms with Crippen molar-refractivity contribution in [2.45, 2.75) is 19.0 Å². The molecule has 0 aliphatic carbocycles. The fraction of sp³-hybridized carbons (Fsp3) is 0.130. The average Bonchev–Trinajstić information content (AvgIpc) is 2.85. The first-order valence-electron chi connectivity index (χ1n) is 9.55. The van der Waals surface area contributed by atoms with Crippen LogP contribution in [-0.4, -0.2) is 38.8 Å². The molecule has 3 aromatic rings. The van der Waals surface area contributed by atoms with Crippen LogP contribution in [0.5, 0.6) is 0 Å². The number of nitrogens with one attached hydrogen (secondary N) is 1. The smallest absolute Gasteiger partial charge is 0.335 e. The Balaban J connectivity index is 1.73. The Bertz CT molecular complexity index is 1150. The van der Waals surface area contributed by atoms with Gasteiger partial charge in [0.1, 0.15) is 6.04 Å². The highest BCUT2D eigenvalue weighted by atomic mass is 35.5. The third-order valence-corrected chi connectivity index (χ3v) is 5.38. The number of carboxylic acids is 1. The number of aromatic nitrogens is 1. The zero-order valence-corrected chi connectivity index (χ0v) is 17.0. The Hall–Kier alpha value is -3.71. The van der Waals surface area contributed by atoms with E-state index in [1.807, 2.05) is 0 Å². The molecule has 2 aromatic carbocycles. The molecule has 1 atom stereocenters. The molecule has 2 N–H and O–H groups in total. The third kappa shape index (κ3) is 4.41. The van der Waals surface area contributed by atoms with Crippen molar-refractivity contribution in [3.8, 4) is 0 Å². The Morgan fingerprint density at radius 2 is 1.74 bits per heavy atom. The highest BCUT2D eigenvalue weighted by Crippen LogP contribution is 2.28. The first kappa shape index (κ1) is 20.6. The molecule has 31 heavy (non-hydrogen) atoms. The molecule has 0 saturated carbocycles. The van der Waals surface area contributed by atoms with Gasteiger partial charge >= 0.3 is 5.97 Å². The second-order valence-corrected chi connectivity index (χ2v) is 7.63. The first-order chi connectivity index (χ1) is 14.9. The summed E-state index contributed by atoms with van der Waals surface area (Å²) in [5, 5.41) is 12.4. The maximum Gasteiger partial charge on any atom is 0.335 e. The fourth-order valence-electron chi connectivity index (χ4n) is 3.54. The standard InChI is InChI=1S/C23H18ClN3O4/c24-17-5-6-18-19(12-17)26-21(28)20(11-14-7-9-25-10-8-14)27(22(18)29)13-15-1-3-16(4-2-15)23(30)31/h1-10,12,20H,11,13H2,(H,26,28)(H,30,31). The van der Waals surface area contributed by atoms with Gasteiger partial charge in [-0.3, -0.25) is 14.6 Å². The summed E-state index contributed by atoms with van der Waals surface area (Å²) in [4.78, 5) is 43.2. The van der Waals surface area contributed by atoms with Gasteiger partial charge in [-0.05, 0) is 53.6 Å². The van der Waals surface area contributed by atoms with Crippen LogP contribution in [0.3, 0.4) is 0 Å². The van der Waals surface area contributed by atoms with Crippen molar-refractivity contribution in [3.63, 3.8) is 0 Å². The van der Waals surface area contributed by atoms with E-state index in [0.717, 1.165) is 5.56 Å². The molecule has 2 amide bonds. The van der Waals surface area contributed by atoms with Crippen LogP contribution in [0, 0.1) is 0 Å². The summed E-state index contributed by atoms with van der Waals surface area (Å²) in [6, 6.07) is 13.8. The molecule has 0 saturated heterocycles. The van der Waals surface area contributed by atoms with E-state index >= 15 is 0 Å². The Kier molecular flexibility index (Phi) is 5.68. The van der Waals surface area contributed by atoms with Crippen molar-refractivity contribution in [1.29, 1.82) is 0 Å². The summed E-state index contributed by atoms with van der Waals surface area (Å²) in [5.41, 5.74) is 2.43. The molecule has 1 unspecified atom stereocenters. The number of rotatable bonds is 5. The van der Waals surface area contributed by atoms with E-state index in [4.69, 9.17) is 16.7 Å². The van der Waals surface area contributed by atoms with Crippen molar-refractivity contribution in [1.82, 2.24) is 9.88 Å². The Morgan fingerprint density at radius 3 is 2.42 bits per heavy atom. The number of carboxylic acid groups (broad SMARTS) is 1. The van der Waals surface area contributed by atoms with Gasteiger partial charge in [0.2, 0.25) is 5.91 Å². The van der Waals surface area contributed by atoms with Crippen LogP contribution >= 0.6 is 11.6 Å². The van der Waals surface area contributed by atoms with Gasteiger partial charge in [-0.2, -0.15) is 0 Å². The summed E-state index contributed by atoms with van der Waals surface area (Å²) in [7, 11) is 0. The van der Waals surface area contributed by atoms with Gasteiger partial charge < -0.3 is 15.3 Å². The molecule has 1 aliphatic rings. The Morgan fingerprint density at radius 1 is 1.03 bits per heavy atom. The maximum atomic E-state index is 13.5. The van der Waals surface area contributed by atoms with Crippen molar-refractivity contribution in [3.05, 3.63) is 94.3 Å². The number of amides is 2. The SMILES string of the molecule is O=C(O)c1ccc(CN2C(=O)c3ccc(Cl)cc3NC(=O)C2Cc2ccncc2)cc1. The third-order valence-electron chi connectivity index (χ3n) is 5.14. The normalized spacial score (nSPS) is 15.8. The lowest BCUT2D eigenvalue weighted by atomic mass is 10.0. The van der Waals surface area contributed by atoms with Gasteiger partial charge in [-0.1, -0.05) is 23.7 Å². The molecule has 4 rings (SSSR count). The van der Waals surface area contributed by atoms with Gasteiger partial charge in [0, 0.05) is 30.4 Å². The number of benzene rings is 2. The number of fused-ring (bicyclic) bond motifs is 1. The minimum Gasteiger partial charge on any atom is -0.478 e. The van der Waals surface area contributed by atoms with Gasteiger partial charge in [0.05, 0.1) is 16.8 Å². The minimum absolute atomic E-state index is 0.143. The van der Waals surface area contributed by atoms with Gasteiger partial charge in [0.25, 0.3) is 5.91 Å². The summed E-state index contributed by atoms with van der Waals surface area (Å²) in [5.74, 6) is -1.67. The summed E-state index contributed by atoms with van der Waals surface area (Å²) < 4.78 is 0. The lowest BCUT2D eigenvalue weighted by Gasteiger charge is -2.29. The molecule has 0 radical (unpaired) electrons. The molecule has 1 aliphatic heterocycles. The van der Waals surface area contributed by atoms with Crippen molar-refractivity contribution >= 4 is 35.1 Å². The van der Waals surface area contributed by atoms with Crippen molar-refractivity contribution in [2.24, 2.45) is 0 Å². The van der Waals surface area contributed by atoms with E-state index in [2.05, 4.69) is 10.3 Å². The second kappa shape index (κ2) is 8.57. The van der Waals surface area contributed by atoms with E-state index in [9.17, 15) is 14.4 Å². The largest absolute Gasteiger partial charge is 0.478 e. The summed E-state index contributed by atoms with van der Waals surface area (Å²) in [6.07, 6.45) is 3.57. The fourth-order valence-corrected chi connectivity index (χ4v) is 3.71. The molecule has 0 bridgehead atoms. The number of anilines is 1. The molecule has 0 fully saturated rings. The van der Waals surface area contributed by atoms with Crippen LogP contribution in [0.25, 0.3) is 0 Å². The van der Waals surface area contributed by atoms with E-state index in [-0.39, 0.29) is 23.9 Å². The predicted octanol–water partition coefficient (Wildman–Crippen LogP) is 3.64. The molecule has 2 heterocycles. The lowest BCUT2D eigenvalue weighted by Crippen LogP contribution is -2.46. The second-order valence-electron chi connectivity index (χ2n) is 7.19. The van der Waals surface area contributed by atoms with E-state index in [1.54, 1.807) is 54.9 Å². The number of halogens is 1. The van der Waals surface area contributed by atoms with Crippen LogP contribution in [-0.2, 0) is 17.8 Å². The number of hydrogen-bond donors (Lipinski definition) is 2. The number of pyridine rings is 1. The molecule has 0 spiro atoms. The average molecular weight is 436 g/mol.